The molecule has 1 saturated heterocycles. The number of hydrogen-bond acceptors (Lipinski definition) is 2. The maximum atomic E-state index is 12.1. The molecule has 1 amide bonds. The van der Waals surface area contributed by atoms with Crippen LogP contribution in [0, 0.1) is 5.41 Å². The number of nitrogens with zero attached hydrogens (tertiary/aromatic N) is 1. The van der Waals surface area contributed by atoms with Gasteiger partial charge in [-0.25, -0.2) is 0 Å². The quantitative estimate of drug-likeness (QED) is 0.749. The normalized spacial score (nSPS) is 26.6. The zero-order valence-electron chi connectivity index (χ0n) is 8.67. The average molecular weight is 239 g/mol. The molecule has 1 fully saturated rings. The molecule has 0 radical (unpaired) electrons. The summed E-state index contributed by atoms with van der Waals surface area (Å²) in [7, 11) is 0. The largest absolute Gasteiger partial charge is 0.481 e. The lowest BCUT2D eigenvalue weighted by Crippen LogP contribution is -2.52. The van der Waals surface area contributed by atoms with Gasteiger partial charge >= 0.3 is 18.1 Å². The van der Waals surface area contributed by atoms with Crippen LogP contribution in [0.15, 0.2) is 0 Å². The summed E-state index contributed by atoms with van der Waals surface area (Å²) in [6.45, 7) is 0.924. The maximum absolute atomic E-state index is 12.1. The molecular weight excluding hydrogens is 227 g/mol. The number of aliphatic carboxylic acids is 1. The number of hydrogen-bond donors (Lipinski definition) is 1. The second kappa shape index (κ2) is 3.95. The number of carboxylic acids is 1. The second-order valence-corrected chi connectivity index (χ2v) is 4.19. The Kier molecular flexibility index (Phi) is 3.16. The van der Waals surface area contributed by atoms with Crippen molar-refractivity contribution in [1.82, 2.24) is 4.90 Å². The third-order valence-corrected chi connectivity index (χ3v) is 2.74. The highest BCUT2D eigenvalue weighted by Crippen LogP contribution is 2.31. The summed E-state index contributed by atoms with van der Waals surface area (Å²) >= 11 is 0. The highest BCUT2D eigenvalue weighted by molar-refractivity contribution is 5.83. The van der Waals surface area contributed by atoms with E-state index in [-0.39, 0.29) is 25.9 Å². The highest BCUT2D eigenvalue weighted by Gasteiger charge is 2.47. The monoisotopic (exact) mass is 239 g/mol. The first kappa shape index (κ1) is 12.8. The Morgan fingerprint density at radius 2 is 1.94 bits per heavy atom. The van der Waals surface area contributed by atoms with Crippen molar-refractivity contribution in [2.24, 2.45) is 5.41 Å². The van der Waals surface area contributed by atoms with E-state index in [1.165, 1.54) is 6.92 Å². The van der Waals surface area contributed by atoms with Crippen molar-refractivity contribution in [3.63, 3.8) is 0 Å². The molecule has 1 aliphatic heterocycles. The molecule has 0 aliphatic carbocycles. The number of rotatable bonds is 1. The number of likely N-dealkylation sites (tertiary alicyclic amines) is 1. The molecule has 0 aromatic rings. The lowest BCUT2D eigenvalue weighted by atomic mass is 9.82. The molecule has 1 N–H and O–H groups in total. The number of carboxylic acid groups (broad SMARTS) is 1. The van der Waals surface area contributed by atoms with Crippen LogP contribution in [-0.4, -0.2) is 41.1 Å². The molecule has 0 bridgehead atoms. The molecule has 92 valence electrons. The Balaban J connectivity index is 2.79. The minimum Gasteiger partial charge on any atom is -0.481 e. The van der Waals surface area contributed by atoms with Gasteiger partial charge in [-0.1, -0.05) is 0 Å². The summed E-state index contributed by atoms with van der Waals surface area (Å²) in [6.07, 6.45) is -4.38. The molecule has 0 saturated carbocycles. The van der Waals surface area contributed by atoms with Gasteiger partial charge in [0.1, 0.15) is 0 Å². The third-order valence-electron chi connectivity index (χ3n) is 2.74. The predicted octanol–water partition coefficient (Wildman–Crippen LogP) is 1.26. The van der Waals surface area contributed by atoms with Crippen LogP contribution in [-0.2, 0) is 9.59 Å². The van der Waals surface area contributed by atoms with Crippen molar-refractivity contribution in [3.05, 3.63) is 0 Å². The first-order chi connectivity index (χ1) is 7.17. The van der Waals surface area contributed by atoms with E-state index in [0.29, 0.717) is 4.90 Å². The van der Waals surface area contributed by atoms with Crippen molar-refractivity contribution in [3.8, 4) is 0 Å². The van der Waals surface area contributed by atoms with Crippen molar-refractivity contribution in [1.29, 1.82) is 0 Å². The number of carbonyl (C=O) groups is 2. The van der Waals surface area contributed by atoms with Crippen LogP contribution in [0.5, 0.6) is 0 Å². The van der Waals surface area contributed by atoms with Gasteiger partial charge in [0.15, 0.2) is 0 Å². The molecule has 0 aromatic carbocycles. The lowest BCUT2D eigenvalue weighted by molar-refractivity contribution is -0.189. The number of amides is 1. The van der Waals surface area contributed by atoms with Gasteiger partial charge in [-0.15, -0.1) is 0 Å². The van der Waals surface area contributed by atoms with Crippen molar-refractivity contribution >= 4 is 11.9 Å². The molecule has 1 rings (SSSR count). The second-order valence-electron chi connectivity index (χ2n) is 4.19. The van der Waals surface area contributed by atoms with E-state index in [1.54, 1.807) is 0 Å². The number of halogens is 3. The maximum Gasteiger partial charge on any atom is 0.471 e. The van der Waals surface area contributed by atoms with E-state index in [1.807, 2.05) is 0 Å². The minimum absolute atomic E-state index is 0.0405. The van der Waals surface area contributed by atoms with E-state index in [2.05, 4.69) is 0 Å². The Labute approximate surface area is 90.0 Å². The van der Waals surface area contributed by atoms with Gasteiger partial charge < -0.3 is 10.0 Å². The summed E-state index contributed by atoms with van der Waals surface area (Å²) < 4.78 is 36.4. The van der Waals surface area contributed by atoms with Gasteiger partial charge in [-0.05, 0) is 19.8 Å². The Hall–Kier alpha value is -1.27. The van der Waals surface area contributed by atoms with E-state index in [9.17, 15) is 22.8 Å². The van der Waals surface area contributed by atoms with Crippen molar-refractivity contribution in [2.75, 3.05) is 13.1 Å². The molecular formula is C9H12F3NO3. The van der Waals surface area contributed by atoms with Crippen molar-refractivity contribution in [2.45, 2.75) is 25.9 Å². The number of piperidine rings is 1. The molecule has 0 aromatic heterocycles. The molecule has 1 heterocycles. The minimum atomic E-state index is -4.93. The Bertz CT molecular complexity index is 316. The van der Waals surface area contributed by atoms with Gasteiger partial charge in [-0.2, -0.15) is 13.2 Å². The van der Waals surface area contributed by atoms with Crippen LogP contribution >= 0.6 is 0 Å². The summed E-state index contributed by atoms with van der Waals surface area (Å²) in [5.41, 5.74) is -1.28. The first-order valence-corrected chi connectivity index (χ1v) is 4.76. The summed E-state index contributed by atoms with van der Waals surface area (Å²) in [6, 6.07) is 0. The standard InChI is InChI=1S/C9H12F3NO3/c1-8(7(15)16)3-2-4-13(5-8)6(14)9(10,11)12/h2-5H2,1H3,(H,15,16). The topological polar surface area (TPSA) is 57.6 Å². The lowest BCUT2D eigenvalue weighted by Gasteiger charge is -2.37. The smallest absolute Gasteiger partial charge is 0.471 e. The zero-order valence-corrected chi connectivity index (χ0v) is 8.67. The average Bonchev–Trinajstić information content (AvgIpc) is 2.15. The molecule has 1 atom stereocenters. The van der Waals surface area contributed by atoms with Gasteiger partial charge in [0.05, 0.1) is 5.41 Å². The van der Waals surface area contributed by atoms with Gasteiger partial charge in [0.25, 0.3) is 0 Å². The Morgan fingerprint density at radius 1 is 1.38 bits per heavy atom. The van der Waals surface area contributed by atoms with Gasteiger partial charge in [-0.3, -0.25) is 9.59 Å². The van der Waals surface area contributed by atoms with Crippen LogP contribution in [0.4, 0.5) is 13.2 Å². The van der Waals surface area contributed by atoms with Crippen LogP contribution < -0.4 is 0 Å². The fraction of sp³-hybridized carbons (Fsp3) is 0.778. The van der Waals surface area contributed by atoms with Crippen LogP contribution in [0.25, 0.3) is 0 Å². The number of carbonyl (C=O) groups excluding carboxylic acids is 1. The van der Waals surface area contributed by atoms with Gasteiger partial charge in [0, 0.05) is 13.1 Å². The number of alkyl halides is 3. The molecule has 1 aliphatic rings. The zero-order chi connectivity index (χ0) is 12.6. The molecule has 0 spiro atoms. The Morgan fingerprint density at radius 3 is 2.38 bits per heavy atom. The van der Waals surface area contributed by atoms with E-state index in [0.717, 1.165) is 0 Å². The summed E-state index contributed by atoms with van der Waals surface area (Å²) in [4.78, 5) is 22.4. The van der Waals surface area contributed by atoms with E-state index < -0.39 is 23.5 Å². The van der Waals surface area contributed by atoms with Gasteiger partial charge in [0.2, 0.25) is 0 Å². The van der Waals surface area contributed by atoms with Crippen LogP contribution in [0.1, 0.15) is 19.8 Å². The van der Waals surface area contributed by atoms with E-state index >= 15 is 0 Å². The summed E-state index contributed by atoms with van der Waals surface area (Å²) in [5, 5.41) is 8.88. The molecule has 4 nitrogen and oxygen atoms in total. The molecule has 1 unspecified atom stereocenters. The van der Waals surface area contributed by atoms with E-state index in [4.69, 9.17) is 5.11 Å². The predicted molar refractivity (Wildman–Crippen MR) is 47.6 cm³/mol. The van der Waals surface area contributed by atoms with Crippen LogP contribution in [0.3, 0.4) is 0 Å². The fourth-order valence-corrected chi connectivity index (χ4v) is 1.77. The summed E-state index contributed by atoms with van der Waals surface area (Å²) in [5.74, 6) is -3.13. The molecule has 7 heteroatoms. The SMILES string of the molecule is CC1(C(=O)O)CCCN(C(=O)C(F)(F)F)C1. The molecule has 16 heavy (non-hydrogen) atoms. The fourth-order valence-electron chi connectivity index (χ4n) is 1.77. The van der Waals surface area contributed by atoms with Crippen LogP contribution in [0.2, 0.25) is 0 Å². The first-order valence-electron chi connectivity index (χ1n) is 4.76. The highest BCUT2D eigenvalue weighted by atomic mass is 19.4. The third kappa shape index (κ3) is 2.45. The van der Waals surface area contributed by atoms with Crippen molar-refractivity contribution < 1.29 is 27.9 Å².